The fourth-order valence-electron chi connectivity index (χ4n) is 0.920. The van der Waals surface area contributed by atoms with Crippen LogP contribution in [0.3, 0.4) is 0 Å². The summed E-state index contributed by atoms with van der Waals surface area (Å²) in [6.07, 6.45) is 4.14. The maximum atomic E-state index is 11.2. The van der Waals surface area contributed by atoms with Crippen LogP contribution in [0.25, 0.3) is 0 Å². The van der Waals surface area contributed by atoms with Crippen molar-refractivity contribution in [1.29, 1.82) is 0 Å². The second-order valence-corrected chi connectivity index (χ2v) is 3.14. The van der Waals surface area contributed by atoms with Gasteiger partial charge in [-0.3, -0.25) is 0 Å². The third kappa shape index (κ3) is 6.86. The number of aliphatic hydroxyl groups is 1. The minimum Gasteiger partial charge on any atom is -0.457 e. The third-order valence-corrected chi connectivity index (χ3v) is 1.70. The normalized spacial score (nSPS) is 11.0. The number of aliphatic hydroxyl groups excluding tert-OH is 1. The topological polar surface area (TPSA) is 102 Å². The SMILES string of the molecule is C=CCOC(=O)/C(N)=C/N(N)CCCCO. The largest absolute Gasteiger partial charge is 0.457 e. The van der Waals surface area contributed by atoms with Gasteiger partial charge in [-0.05, 0) is 12.8 Å². The van der Waals surface area contributed by atoms with E-state index in [4.69, 9.17) is 21.4 Å². The van der Waals surface area contributed by atoms with Crippen molar-refractivity contribution in [3.63, 3.8) is 0 Å². The molecule has 6 heteroatoms. The number of carbonyl (C=O) groups is 1. The number of hydrazine groups is 1. The second-order valence-electron chi connectivity index (χ2n) is 3.14. The molecular weight excluding hydrogens is 210 g/mol. The smallest absolute Gasteiger partial charge is 0.356 e. The van der Waals surface area contributed by atoms with E-state index in [1.54, 1.807) is 0 Å². The highest BCUT2D eigenvalue weighted by Gasteiger charge is 2.06. The Morgan fingerprint density at radius 1 is 1.50 bits per heavy atom. The van der Waals surface area contributed by atoms with Crippen molar-refractivity contribution in [1.82, 2.24) is 5.01 Å². The Labute approximate surface area is 95.1 Å². The first-order chi connectivity index (χ1) is 7.61. The summed E-state index contributed by atoms with van der Waals surface area (Å²) < 4.78 is 4.71. The van der Waals surface area contributed by atoms with E-state index in [2.05, 4.69) is 6.58 Å². The number of carbonyl (C=O) groups excluding carboxylic acids is 1. The van der Waals surface area contributed by atoms with Crippen LogP contribution >= 0.6 is 0 Å². The van der Waals surface area contributed by atoms with Crippen LogP contribution in [0.15, 0.2) is 24.6 Å². The maximum Gasteiger partial charge on any atom is 0.356 e. The molecule has 92 valence electrons. The van der Waals surface area contributed by atoms with Gasteiger partial charge in [-0.15, -0.1) is 0 Å². The summed E-state index contributed by atoms with van der Waals surface area (Å²) in [6, 6.07) is 0. The average Bonchev–Trinajstić information content (AvgIpc) is 2.26. The molecule has 0 atom stereocenters. The van der Waals surface area contributed by atoms with Gasteiger partial charge in [0.2, 0.25) is 0 Å². The molecule has 5 N–H and O–H groups in total. The number of hydrogen-bond acceptors (Lipinski definition) is 6. The molecule has 0 fully saturated rings. The lowest BCUT2D eigenvalue weighted by Crippen LogP contribution is -2.29. The number of rotatable bonds is 8. The van der Waals surface area contributed by atoms with Crippen molar-refractivity contribution in [3.8, 4) is 0 Å². The minimum absolute atomic E-state index is 0.0617. The predicted octanol–water partition coefficient (Wildman–Crippen LogP) is -0.536. The molecule has 0 saturated carbocycles. The van der Waals surface area contributed by atoms with E-state index < -0.39 is 5.97 Å². The van der Waals surface area contributed by atoms with Crippen LogP contribution in [0.4, 0.5) is 0 Å². The molecule has 0 rings (SSSR count). The van der Waals surface area contributed by atoms with Gasteiger partial charge in [-0.25, -0.2) is 10.6 Å². The van der Waals surface area contributed by atoms with E-state index in [1.807, 2.05) is 0 Å². The molecule has 0 heterocycles. The Kier molecular flexibility index (Phi) is 7.92. The van der Waals surface area contributed by atoms with E-state index in [0.717, 1.165) is 6.42 Å². The van der Waals surface area contributed by atoms with Gasteiger partial charge in [0, 0.05) is 19.4 Å². The highest BCUT2D eigenvalue weighted by Crippen LogP contribution is 1.95. The number of unbranched alkanes of at least 4 members (excludes halogenated alkanes) is 1. The molecule has 0 aromatic heterocycles. The van der Waals surface area contributed by atoms with Gasteiger partial charge in [-0.2, -0.15) is 0 Å². The lowest BCUT2D eigenvalue weighted by Gasteiger charge is -2.13. The molecule has 0 bridgehead atoms. The molecule has 6 nitrogen and oxygen atoms in total. The predicted molar refractivity (Wildman–Crippen MR) is 60.6 cm³/mol. The fourth-order valence-corrected chi connectivity index (χ4v) is 0.920. The van der Waals surface area contributed by atoms with Gasteiger partial charge in [0.1, 0.15) is 12.3 Å². The van der Waals surface area contributed by atoms with Crippen molar-refractivity contribution in [3.05, 3.63) is 24.6 Å². The van der Waals surface area contributed by atoms with Crippen LogP contribution in [-0.4, -0.2) is 35.8 Å². The van der Waals surface area contributed by atoms with Gasteiger partial charge >= 0.3 is 5.97 Å². The van der Waals surface area contributed by atoms with Gasteiger partial charge < -0.3 is 20.6 Å². The second kappa shape index (κ2) is 8.75. The summed E-state index contributed by atoms with van der Waals surface area (Å²) in [4.78, 5) is 11.2. The zero-order valence-electron chi connectivity index (χ0n) is 9.26. The van der Waals surface area contributed by atoms with Gasteiger partial charge in [0.25, 0.3) is 0 Å². The first kappa shape index (κ1) is 14.5. The van der Waals surface area contributed by atoms with Crippen LogP contribution in [-0.2, 0) is 9.53 Å². The Morgan fingerprint density at radius 2 is 2.19 bits per heavy atom. The molecule has 0 aromatic carbocycles. The Hall–Kier alpha value is -1.53. The summed E-state index contributed by atoms with van der Waals surface area (Å²) in [5.41, 5.74) is 5.38. The lowest BCUT2D eigenvalue weighted by atomic mass is 10.3. The summed E-state index contributed by atoms with van der Waals surface area (Å²) in [5, 5.41) is 9.86. The van der Waals surface area contributed by atoms with Crippen molar-refractivity contribution in [2.45, 2.75) is 12.8 Å². The molecule has 0 aliphatic rings. The van der Waals surface area contributed by atoms with E-state index >= 15 is 0 Å². The van der Waals surface area contributed by atoms with E-state index in [1.165, 1.54) is 17.3 Å². The first-order valence-corrected chi connectivity index (χ1v) is 4.99. The van der Waals surface area contributed by atoms with E-state index in [0.29, 0.717) is 13.0 Å². The number of hydrogen-bond donors (Lipinski definition) is 3. The highest BCUT2D eigenvalue weighted by molar-refractivity contribution is 5.87. The van der Waals surface area contributed by atoms with Gasteiger partial charge in [-0.1, -0.05) is 12.7 Å². The van der Waals surface area contributed by atoms with E-state index in [-0.39, 0.29) is 18.9 Å². The molecule has 0 amide bonds. The first-order valence-electron chi connectivity index (χ1n) is 4.99. The number of nitrogens with zero attached hydrogens (tertiary/aromatic N) is 1. The molecule has 0 radical (unpaired) electrons. The zero-order chi connectivity index (χ0) is 12.4. The van der Waals surface area contributed by atoms with Crippen molar-refractivity contribution >= 4 is 5.97 Å². The Bertz CT molecular complexity index is 254. The summed E-state index contributed by atoms with van der Waals surface area (Å²) in [5.74, 6) is 4.92. The van der Waals surface area contributed by atoms with Gasteiger partial charge in [0.15, 0.2) is 0 Å². The Morgan fingerprint density at radius 3 is 2.75 bits per heavy atom. The zero-order valence-corrected chi connectivity index (χ0v) is 9.26. The molecule has 0 aliphatic carbocycles. The molecule has 0 spiro atoms. The van der Waals surface area contributed by atoms with Crippen LogP contribution in [0.1, 0.15) is 12.8 Å². The summed E-state index contributed by atoms with van der Waals surface area (Å²) in [7, 11) is 0. The Balaban J connectivity index is 3.98. The average molecular weight is 229 g/mol. The van der Waals surface area contributed by atoms with E-state index in [9.17, 15) is 4.79 Å². The monoisotopic (exact) mass is 229 g/mol. The van der Waals surface area contributed by atoms with Crippen LogP contribution in [0.2, 0.25) is 0 Å². The summed E-state index contributed by atoms with van der Waals surface area (Å²) in [6.45, 7) is 4.15. The maximum absolute atomic E-state index is 11.2. The standard InChI is InChI=1S/C10H19N3O3/c1-2-7-16-10(15)9(11)8-13(12)5-3-4-6-14/h2,8,14H,1,3-7,11-12H2/b9-8-. The number of ether oxygens (including phenoxy) is 1. The van der Waals surface area contributed by atoms with Crippen molar-refractivity contribution < 1.29 is 14.6 Å². The highest BCUT2D eigenvalue weighted by atomic mass is 16.5. The summed E-state index contributed by atoms with van der Waals surface area (Å²) >= 11 is 0. The van der Waals surface area contributed by atoms with Crippen molar-refractivity contribution in [2.75, 3.05) is 19.8 Å². The van der Waals surface area contributed by atoms with Gasteiger partial charge in [0.05, 0.1) is 0 Å². The van der Waals surface area contributed by atoms with Crippen LogP contribution in [0, 0.1) is 0 Å². The van der Waals surface area contributed by atoms with Crippen LogP contribution in [0.5, 0.6) is 0 Å². The van der Waals surface area contributed by atoms with Crippen LogP contribution < -0.4 is 11.6 Å². The molecular formula is C10H19N3O3. The third-order valence-electron chi connectivity index (χ3n) is 1.70. The number of esters is 1. The molecule has 0 unspecified atom stereocenters. The van der Waals surface area contributed by atoms with Crippen molar-refractivity contribution in [2.24, 2.45) is 11.6 Å². The molecule has 0 saturated heterocycles. The minimum atomic E-state index is -0.627. The lowest BCUT2D eigenvalue weighted by molar-refractivity contribution is -0.138. The fraction of sp³-hybridized carbons (Fsp3) is 0.500. The quantitative estimate of drug-likeness (QED) is 0.129. The molecule has 0 aliphatic heterocycles. The molecule has 0 aromatic rings. The number of nitrogens with two attached hydrogens (primary N) is 2. The molecule has 16 heavy (non-hydrogen) atoms.